The zero-order valence-corrected chi connectivity index (χ0v) is 21.4. The van der Waals surface area contributed by atoms with E-state index in [2.05, 4.69) is 33.3 Å². The van der Waals surface area contributed by atoms with Crippen molar-refractivity contribution in [1.29, 1.82) is 5.26 Å². The first-order valence-corrected chi connectivity index (χ1v) is 12.5. The van der Waals surface area contributed by atoms with Crippen molar-refractivity contribution < 1.29 is 18.3 Å². The molecule has 1 aromatic heterocycles. The molecule has 3 aromatic rings. The summed E-state index contributed by atoms with van der Waals surface area (Å²) in [6.45, 7) is 1.18. The minimum absolute atomic E-state index is 0.0195. The predicted molar refractivity (Wildman–Crippen MR) is 143 cm³/mol. The van der Waals surface area contributed by atoms with Gasteiger partial charge in [-0.05, 0) is 47.7 Å². The van der Waals surface area contributed by atoms with Gasteiger partial charge in [0, 0.05) is 43.1 Å². The van der Waals surface area contributed by atoms with E-state index in [1.165, 1.54) is 12.1 Å². The highest BCUT2D eigenvalue weighted by atomic mass is 19.3. The van der Waals surface area contributed by atoms with E-state index in [1.54, 1.807) is 11.0 Å². The van der Waals surface area contributed by atoms with Gasteiger partial charge in [-0.3, -0.25) is 9.69 Å². The summed E-state index contributed by atoms with van der Waals surface area (Å²) in [6, 6.07) is 12.1. The van der Waals surface area contributed by atoms with Crippen LogP contribution in [-0.4, -0.2) is 57.6 Å². The number of hydrogen-bond acceptors (Lipinski definition) is 7. The summed E-state index contributed by atoms with van der Waals surface area (Å²) in [5.41, 5.74) is 1.75. The fraction of sp³-hybridized carbons (Fsp3) is 0.276. The molecule has 0 spiro atoms. The first-order chi connectivity index (χ1) is 19.3. The zero-order chi connectivity index (χ0) is 28.5. The van der Waals surface area contributed by atoms with Crippen molar-refractivity contribution in [2.75, 3.05) is 26.3 Å². The molecule has 1 aliphatic rings. The molecule has 3 N–H and O–H groups in total. The molecular weight excluding hydrogens is 521 g/mol. The molecule has 206 valence electrons. The average molecular weight is 549 g/mol. The molecule has 0 amide bonds. The van der Waals surface area contributed by atoms with Gasteiger partial charge in [0.2, 0.25) is 5.75 Å². The predicted octanol–water partition coefficient (Wildman–Crippen LogP) is 3.27. The van der Waals surface area contributed by atoms with Crippen molar-refractivity contribution in [2.45, 2.75) is 25.3 Å². The van der Waals surface area contributed by atoms with E-state index >= 15 is 4.39 Å². The summed E-state index contributed by atoms with van der Waals surface area (Å²) in [5, 5.41) is 21.7. The van der Waals surface area contributed by atoms with Crippen LogP contribution in [0.3, 0.4) is 0 Å². The smallest absolute Gasteiger partial charge is 0.293 e. The van der Waals surface area contributed by atoms with Gasteiger partial charge in [-0.25, -0.2) is 18.2 Å². The van der Waals surface area contributed by atoms with Crippen LogP contribution in [-0.2, 0) is 13.0 Å². The standard InChI is InChI=1S/C29H27F3N6O2/c30-25-12-21(5-2-20-3-6-22(7-4-20)16-37-10-1-11-38(17-33)19-37)8-9-24(25)23(14-34-15-27(31)32)13-26-28(39)29(40)36-18-35-26/h1,3-4,6-10,12,18,23,27,34,39H,11,13-16,19H2,(H,35,36,40)/t23-/m0/s1. The Morgan fingerprint density at radius 1 is 1.12 bits per heavy atom. The number of benzene rings is 2. The summed E-state index contributed by atoms with van der Waals surface area (Å²) in [7, 11) is 0. The number of nitriles is 1. The molecule has 0 saturated carbocycles. The van der Waals surface area contributed by atoms with Gasteiger partial charge in [0.15, 0.2) is 6.19 Å². The van der Waals surface area contributed by atoms with Crippen LogP contribution in [0.15, 0.2) is 65.9 Å². The Morgan fingerprint density at radius 3 is 2.60 bits per heavy atom. The Labute approximate surface area is 229 Å². The van der Waals surface area contributed by atoms with Crippen molar-refractivity contribution in [2.24, 2.45) is 0 Å². The summed E-state index contributed by atoms with van der Waals surface area (Å²) < 4.78 is 40.5. The fourth-order valence-electron chi connectivity index (χ4n) is 4.30. The first kappa shape index (κ1) is 28.3. The minimum atomic E-state index is -2.58. The molecular formula is C29H27F3N6O2. The van der Waals surface area contributed by atoms with E-state index in [-0.39, 0.29) is 24.2 Å². The summed E-state index contributed by atoms with van der Waals surface area (Å²) in [5.74, 6) is 4.10. The molecule has 0 aliphatic carbocycles. The van der Waals surface area contributed by atoms with E-state index < -0.39 is 36.0 Å². The van der Waals surface area contributed by atoms with Crippen LogP contribution < -0.4 is 10.9 Å². The molecule has 0 saturated heterocycles. The Balaban J connectivity index is 1.46. The third-order valence-electron chi connectivity index (χ3n) is 6.30. The molecule has 0 fully saturated rings. The van der Waals surface area contributed by atoms with Crippen LogP contribution in [0.1, 0.15) is 33.9 Å². The van der Waals surface area contributed by atoms with Crippen LogP contribution in [0.2, 0.25) is 0 Å². The molecule has 0 bridgehead atoms. The topological polar surface area (TPSA) is 108 Å². The Morgan fingerprint density at radius 2 is 1.88 bits per heavy atom. The van der Waals surface area contributed by atoms with Crippen molar-refractivity contribution >= 4 is 0 Å². The molecule has 0 unspecified atom stereocenters. The molecule has 40 heavy (non-hydrogen) atoms. The Kier molecular flexibility index (Phi) is 9.44. The van der Waals surface area contributed by atoms with Gasteiger partial charge in [0.25, 0.3) is 12.0 Å². The van der Waals surface area contributed by atoms with E-state index in [1.807, 2.05) is 41.4 Å². The number of rotatable bonds is 9. The minimum Gasteiger partial charge on any atom is -0.502 e. The molecule has 2 aromatic carbocycles. The van der Waals surface area contributed by atoms with Gasteiger partial charge in [-0.1, -0.05) is 30.0 Å². The number of halogens is 3. The van der Waals surface area contributed by atoms with E-state index in [9.17, 15) is 18.7 Å². The summed E-state index contributed by atoms with van der Waals surface area (Å²) >= 11 is 0. The fourth-order valence-corrected chi connectivity index (χ4v) is 4.30. The lowest BCUT2D eigenvalue weighted by atomic mass is 9.92. The third-order valence-corrected chi connectivity index (χ3v) is 6.30. The number of aromatic nitrogens is 2. The normalized spacial score (nSPS) is 13.6. The van der Waals surface area contributed by atoms with E-state index in [0.717, 1.165) is 17.5 Å². The number of aromatic hydroxyl groups is 1. The quantitative estimate of drug-likeness (QED) is 0.278. The van der Waals surface area contributed by atoms with Gasteiger partial charge in [0.05, 0.1) is 25.2 Å². The van der Waals surface area contributed by atoms with Gasteiger partial charge in [0.1, 0.15) is 5.82 Å². The number of nitrogens with one attached hydrogen (secondary N) is 2. The van der Waals surface area contributed by atoms with Crippen molar-refractivity contribution in [3.05, 3.63) is 105 Å². The second kappa shape index (κ2) is 13.4. The van der Waals surface area contributed by atoms with Crippen LogP contribution in [0.5, 0.6) is 5.75 Å². The second-order valence-electron chi connectivity index (χ2n) is 9.26. The second-order valence-corrected chi connectivity index (χ2v) is 9.26. The summed E-state index contributed by atoms with van der Waals surface area (Å²) in [6.07, 6.45) is 4.54. The Bertz CT molecular complexity index is 1510. The SMILES string of the molecule is N#CN1CC=CN(Cc2ccc(C#Cc3ccc([C@H](CNCC(F)F)Cc4nc[nH]c(=O)c4O)c(F)c3)cc2)C1. The van der Waals surface area contributed by atoms with Gasteiger partial charge in [-0.2, -0.15) is 5.26 Å². The Hall–Kier alpha value is -4.74. The van der Waals surface area contributed by atoms with E-state index in [0.29, 0.717) is 25.3 Å². The maximum Gasteiger partial charge on any atom is 0.293 e. The number of H-pyrrole nitrogens is 1. The zero-order valence-electron chi connectivity index (χ0n) is 21.4. The van der Waals surface area contributed by atoms with Crippen molar-refractivity contribution in [3.63, 3.8) is 0 Å². The molecule has 8 nitrogen and oxygen atoms in total. The maximum absolute atomic E-state index is 15.2. The first-order valence-electron chi connectivity index (χ1n) is 12.5. The largest absolute Gasteiger partial charge is 0.502 e. The monoisotopic (exact) mass is 548 g/mol. The molecule has 2 heterocycles. The molecule has 0 radical (unpaired) electrons. The molecule has 4 rings (SSSR count). The van der Waals surface area contributed by atoms with Crippen LogP contribution >= 0.6 is 0 Å². The summed E-state index contributed by atoms with van der Waals surface area (Å²) in [4.78, 5) is 21.6. The van der Waals surface area contributed by atoms with Crippen molar-refractivity contribution in [1.82, 2.24) is 25.1 Å². The highest BCUT2D eigenvalue weighted by Crippen LogP contribution is 2.25. The molecule has 11 heteroatoms. The van der Waals surface area contributed by atoms with Gasteiger partial charge >= 0.3 is 0 Å². The lowest BCUT2D eigenvalue weighted by Crippen LogP contribution is -2.35. The molecule has 1 atom stereocenters. The number of aromatic amines is 1. The third kappa shape index (κ3) is 7.65. The molecule has 1 aliphatic heterocycles. The highest BCUT2D eigenvalue weighted by Gasteiger charge is 2.21. The lowest BCUT2D eigenvalue weighted by molar-refractivity contribution is 0.145. The van der Waals surface area contributed by atoms with Crippen molar-refractivity contribution in [3.8, 4) is 23.8 Å². The van der Waals surface area contributed by atoms with Crippen LogP contribution in [0, 0.1) is 29.1 Å². The maximum atomic E-state index is 15.2. The number of hydrogen-bond donors (Lipinski definition) is 3. The average Bonchev–Trinajstić information content (AvgIpc) is 2.94. The van der Waals surface area contributed by atoms with Gasteiger partial charge < -0.3 is 20.3 Å². The van der Waals surface area contributed by atoms with Crippen LogP contribution in [0.4, 0.5) is 13.2 Å². The highest BCUT2D eigenvalue weighted by molar-refractivity contribution is 5.45. The number of nitrogens with zero attached hydrogens (tertiary/aromatic N) is 4. The number of alkyl halides is 2. The lowest BCUT2D eigenvalue weighted by Gasteiger charge is -2.29. The van der Waals surface area contributed by atoms with Crippen LogP contribution in [0.25, 0.3) is 0 Å². The van der Waals surface area contributed by atoms with Gasteiger partial charge in [-0.15, -0.1) is 0 Å². The van der Waals surface area contributed by atoms with E-state index in [4.69, 9.17) is 5.26 Å².